The Morgan fingerprint density at radius 3 is 2.24 bits per heavy atom. The van der Waals surface area contributed by atoms with Crippen LogP contribution in [0.2, 0.25) is 0 Å². The van der Waals surface area contributed by atoms with E-state index < -0.39 is 17.7 Å². The zero-order valence-corrected chi connectivity index (χ0v) is 11.7. The van der Waals surface area contributed by atoms with Crippen LogP contribution in [-0.2, 0) is 0 Å². The van der Waals surface area contributed by atoms with Crippen LogP contribution < -0.4 is 20.7 Å². The minimum atomic E-state index is -0.906. The Balaban J connectivity index is 2.61. The molecule has 0 aliphatic rings. The third kappa shape index (κ3) is 2.81. The van der Waals surface area contributed by atoms with E-state index in [1.54, 1.807) is 12.1 Å². The van der Waals surface area contributed by atoms with E-state index in [-0.39, 0.29) is 22.6 Å². The molecule has 0 aliphatic carbocycles. The normalized spacial score (nSPS) is 12.0. The number of rotatable bonds is 5. The van der Waals surface area contributed by atoms with Crippen LogP contribution in [0.4, 0.5) is 8.78 Å². The van der Waals surface area contributed by atoms with E-state index in [2.05, 4.69) is 5.43 Å². The molecule has 2 aromatic carbocycles. The van der Waals surface area contributed by atoms with Gasteiger partial charge in [0.15, 0.2) is 11.6 Å². The molecule has 0 heterocycles. The van der Waals surface area contributed by atoms with Crippen molar-refractivity contribution in [1.82, 2.24) is 5.43 Å². The van der Waals surface area contributed by atoms with Gasteiger partial charge in [-0.3, -0.25) is 5.84 Å². The Hall–Kier alpha value is -2.18. The fourth-order valence-electron chi connectivity index (χ4n) is 2.21. The topological polar surface area (TPSA) is 56.5 Å². The van der Waals surface area contributed by atoms with Crippen LogP contribution in [0.3, 0.4) is 0 Å². The van der Waals surface area contributed by atoms with Crippen LogP contribution in [0.5, 0.6) is 11.5 Å². The molecule has 0 bridgehead atoms. The van der Waals surface area contributed by atoms with Crippen LogP contribution in [0.25, 0.3) is 0 Å². The monoisotopic (exact) mass is 294 g/mol. The first-order chi connectivity index (χ1) is 10.1. The highest BCUT2D eigenvalue weighted by Gasteiger charge is 2.25. The maximum Gasteiger partial charge on any atom is 0.170 e. The van der Waals surface area contributed by atoms with Crippen molar-refractivity contribution in [2.24, 2.45) is 5.84 Å². The second-order valence-corrected chi connectivity index (χ2v) is 4.32. The SMILES string of the molecule is COc1cccc(C(NN)c2c(F)cccc2OC)c1F. The second kappa shape index (κ2) is 6.51. The van der Waals surface area contributed by atoms with E-state index in [1.807, 2.05) is 0 Å². The minimum absolute atomic E-state index is 0.0584. The lowest BCUT2D eigenvalue weighted by atomic mass is 9.97. The highest BCUT2D eigenvalue weighted by atomic mass is 19.1. The number of halogens is 2. The number of methoxy groups -OCH3 is 2. The van der Waals surface area contributed by atoms with Gasteiger partial charge in [0, 0.05) is 5.56 Å². The van der Waals surface area contributed by atoms with Crippen molar-refractivity contribution in [3.63, 3.8) is 0 Å². The molecule has 0 aliphatic heterocycles. The Bertz CT molecular complexity index is 635. The van der Waals surface area contributed by atoms with Crippen molar-refractivity contribution in [3.8, 4) is 11.5 Å². The van der Waals surface area contributed by atoms with Gasteiger partial charge in [0.05, 0.1) is 25.8 Å². The zero-order valence-electron chi connectivity index (χ0n) is 11.7. The number of hydrogen-bond donors (Lipinski definition) is 2. The van der Waals surface area contributed by atoms with E-state index in [0.29, 0.717) is 0 Å². The fraction of sp³-hybridized carbons (Fsp3) is 0.200. The first-order valence-corrected chi connectivity index (χ1v) is 6.25. The average molecular weight is 294 g/mol. The highest BCUT2D eigenvalue weighted by Crippen LogP contribution is 2.34. The molecule has 0 radical (unpaired) electrons. The number of hydrogen-bond acceptors (Lipinski definition) is 4. The molecular formula is C15H16F2N2O2. The van der Waals surface area contributed by atoms with Crippen LogP contribution >= 0.6 is 0 Å². The molecule has 4 nitrogen and oxygen atoms in total. The first kappa shape index (κ1) is 15.2. The molecule has 0 saturated carbocycles. The summed E-state index contributed by atoms with van der Waals surface area (Å²) in [5, 5.41) is 0. The summed E-state index contributed by atoms with van der Waals surface area (Å²) in [6.45, 7) is 0. The van der Waals surface area contributed by atoms with Crippen molar-refractivity contribution in [2.75, 3.05) is 14.2 Å². The molecule has 0 aromatic heterocycles. The van der Waals surface area contributed by atoms with E-state index in [4.69, 9.17) is 15.3 Å². The molecule has 6 heteroatoms. The lowest BCUT2D eigenvalue weighted by Gasteiger charge is -2.21. The van der Waals surface area contributed by atoms with Gasteiger partial charge in [0.1, 0.15) is 11.6 Å². The third-order valence-corrected chi connectivity index (χ3v) is 3.21. The van der Waals surface area contributed by atoms with Crippen LogP contribution in [0.15, 0.2) is 36.4 Å². The third-order valence-electron chi connectivity index (χ3n) is 3.21. The molecule has 112 valence electrons. The molecule has 0 saturated heterocycles. The summed E-state index contributed by atoms with van der Waals surface area (Å²) >= 11 is 0. The van der Waals surface area contributed by atoms with E-state index in [0.717, 1.165) is 0 Å². The van der Waals surface area contributed by atoms with Crippen molar-refractivity contribution in [1.29, 1.82) is 0 Å². The number of hydrazine groups is 1. The molecule has 2 rings (SSSR count). The summed E-state index contributed by atoms with van der Waals surface area (Å²) in [7, 11) is 2.77. The molecule has 0 spiro atoms. The summed E-state index contributed by atoms with van der Waals surface area (Å²) in [6, 6.07) is 8.04. The standard InChI is InChI=1S/C15H16F2N2O2/c1-20-11-7-4-6-10(16)13(11)15(19-18)9-5-3-8-12(21-2)14(9)17/h3-8,15,19H,18H2,1-2H3. The van der Waals surface area contributed by atoms with Crippen molar-refractivity contribution < 1.29 is 18.3 Å². The fourth-order valence-corrected chi connectivity index (χ4v) is 2.21. The molecule has 2 aromatic rings. The molecule has 1 atom stereocenters. The second-order valence-electron chi connectivity index (χ2n) is 4.32. The summed E-state index contributed by atoms with van der Waals surface area (Å²) in [5.41, 5.74) is 2.73. The van der Waals surface area contributed by atoms with Gasteiger partial charge in [0.2, 0.25) is 0 Å². The van der Waals surface area contributed by atoms with Gasteiger partial charge in [0.25, 0.3) is 0 Å². The lowest BCUT2D eigenvalue weighted by molar-refractivity contribution is 0.377. The maximum atomic E-state index is 14.4. The van der Waals surface area contributed by atoms with E-state index in [1.165, 1.54) is 38.5 Å². The minimum Gasteiger partial charge on any atom is -0.496 e. The molecule has 0 amide bonds. The zero-order chi connectivity index (χ0) is 15.4. The number of ether oxygens (including phenoxy) is 2. The number of benzene rings is 2. The molecule has 3 N–H and O–H groups in total. The summed E-state index contributed by atoms with van der Waals surface area (Å²) < 4.78 is 38.6. The molecule has 21 heavy (non-hydrogen) atoms. The molecular weight excluding hydrogens is 278 g/mol. The highest BCUT2D eigenvalue weighted by molar-refractivity contribution is 5.45. The Morgan fingerprint density at radius 1 is 1.00 bits per heavy atom. The predicted molar refractivity (Wildman–Crippen MR) is 75.1 cm³/mol. The molecule has 1 unspecified atom stereocenters. The lowest BCUT2D eigenvalue weighted by Crippen LogP contribution is -2.30. The van der Waals surface area contributed by atoms with Crippen LogP contribution in [0.1, 0.15) is 17.2 Å². The Kier molecular flexibility index (Phi) is 4.72. The van der Waals surface area contributed by atoms with Gasteiger partial charge in [-0.15, -0.1) is 0 Å². The number of nitrogens with two attached hydrogens (primary N) is 1. The van der Waals surface area contributed by atoms with Crippen molar-refractivity contribution in [2.45, 2.75) is 6.04 Å². The summed E-state index contributed by atoms with van der Waals surface area (Å²) in [5.74, 6) is 4.70. The van der Waals surface area contributed by atoms with Gasteiger partial charge < -0.3 is 9.47 Å². The van der Waals surface area contributed by atoms with Gasteiger partial charge in [-0.2, -0.15) is 0 Å². The quantitative estimate of drug-likeness (QED) is 0.657. The Labute approximate surface area is 121 Å². The predicted octanol–water partition coefficient (Wildman–Crippen LogP) is 2.53. The van der Waals surface area contributed by atoms with E-state index >= 15 is 0 Å². The van der Waals surface area contributed by atoms with E-state index in [9.17, 15) is 8.78 Å². The summed E-state index contributed by atoms with van der Waals surface area (Å²) in [4.78, 5) is 0. The van der Waals surface area contributed by atoms with Gasteiger partial charge in [-0.1, -0.05) is 18.2 Å². The van der Waals surface area contributed by atoms with Gasteiger partial charge >= 0.3 is 0 Å². The van der Waals surface area contributed by atoms with Crippen molar-refractivity contribution >= 4 is 0 Å². The van der Waals surface area contributed by atoms with Gasteiger partial charge in [-0.25, -0.2) is 14.2 Å². The van der Waals surface area contributed by atoms with Crippen LogP contribution in [-0.4, -0.2) is 14.2 Å². The summed E-state index contributed by atoms with van der Waals surface area (Å²) in [6.07, 6.45) is 0. The van der Waals surface area contributed by atoms with Gasteiger partial charge in [-0.05, 0) is 18.2 Å². The van der Waals surface area contributed by atoms with Crippen molar-refractivity contribution in [3.05, 3.63) is 59.2 Å². The number of nitrogens with one attached hydrogen (secondary N) is 1. The average Bonchev–Trinajstić information content (AvgIpc) is 2.50. The largest absolute Gasteiger partial charge is 0.496 e. The van der Waals surface area contributed by atoms with Crippen LogP contribution in [0, 0.1) is 11.6 Å². The maximum absolute atomic E-state index is 14.4. The molecule has 0 fully saturated rings. The smallest absolute Gasteiger partial charge is 0.170 e. The first-order valence-electron chi connectivity index (χ1n) is 6.25. The Morgan fingerprint density at radius 2 is 1.62 bits per heavy atom.